The first-order valence-corrected chi connectivity index (χ1v) is 13.2. The number of fused-ring (bicyclic) bond motifs is 4. The highest BCUT2D eigenvalue weighted by Gasteiger charge is 2.26. The van der Waals surface area contributed by atoms with E-state index in [1.165, 1.54) is 42.5 Å². The van der Waals surface area contributed by atoms with Crippen LogP contribution in [0.15, 0.2) is 28.2 Å². The van der Waals surface area contributed by atoms with Crippen molar-refractivity contribution in [3.63, 3.8) is 0 Å². The SMILES string of the molecule is O=c1c2c3c(sc2nc(SCc2ccc4c(c2)OCO4)n1C1CCCCC1)CCCC3. The molecule has 0 radical (unpaired) electrons. The zero-order chi connectivity index (χ0) is 20.8. The van der Waals surface area contributed by atoms with Gasteiger partial charge in [-0.3, -0.25) is 9.36 Å². The van der Waals surface area contributed by atoms with Crippen molar-refractivity contribution < 1.29 is 9.47 Å². The molecule has 3 aromatic rings. The summed E-state index contributed by atoms with van der Waals surface area (Å²) in [5.41, 5.74) is 2.65. The average Bonchev–Trinajstić information content (AvgIpc) is 3.42. The number of ether oxygens (including phenoxy) is 2. The molecule has 31 heavy (non-hydrogen) atoms. The van der Waals surface area contributed by atoms with Crippen LogP contribution in [-0.2, 0) is 18.6 Å². The van der Waals surface area contributed by atoms with Crippen LogP contribution in [0.2, 0.25) is 0 Å². The highest BCUT2D eigenvalue weighted by Crippen LogP contribution is 2.38. The van der Waals surface area contributed by atoms with Crippen LogP contribution < -0.4 is 15.0 Å². The van der Waals surface area contributed by atoms with Gasteiger partial charge in [-0.05, 0) is 61.8 Å². The van der Waals surface area contributed by atoms with Gasteiger partial charge in [-0.15, -0.1) is 11.3 Å². The van der Waals surface area contributed by atoms with Crippen molar-refractivity contribution in [3.8, 4) is 11.5 Å². The fourth-order valence-corrected chi connectivity index (χ4v) is 7.45. The molecule has 1 fully saturated rings. The van der Waals surface area contributed by atoms with Gasteiger partial charge in [0.25, 0.3) is 5.56 Å². The van der Waals surface area contributed by atoms with E-state index in [0.29, 0.717) is 0 Å². The Labute approximate surface area is 189 Å². The Hall–Kier alpha value is -1.99. The first-order chi connectivity index (χ1) is 15.3. The van der Waals surface area contributed by atoms with Crippen LogP contribution in [-0.4, -0.2) is 16.3 Å². The number of rotatable bonds is 4. The normalized spacial score (nSPS) is 18.5. The van der Waals surface area contributed by atoms with Crippen LogP contribution in [0.4, 0.5) is 0 Å². The van der Waals surface area contributed by atoms with Crippen LogP contribution in [0.25, 0.3) is 10.2 Å². The second-order valence-corrected chi connectivity index (χ2v) is 10.8. The number of aryl methyl sites for hydroxylation is 2. The fraction of sp³-hybridized carbons (Fsp3) is 0.500. The third kappa shape index (κ3) is 3.55. The zero-order valence-electron chi connectivity index (χ0n) is 17.5. The van der Waals surface area contributed by atoms with Gasteiger partial charge in [0, 0.05) is 16.7 Å². The largest absolute Gasteiger partial charge is 0.454 e. The molecule has 0 bridgehead atoms. The lowest BCUT2D eigenvalue weighted by molar-refractivity contribution is 0.174. The van der Waals surface area contributed by atoms with Crippen molar-refractivity contribution in [1.82, 2.24) is 9.55 Å². The van der Waals surface area contributed by atoms with Gasteiger partial charge in [-0.2, -0.15) is 0 Å². The van der Waals surface area contributed by atoms with E-state index in [-0.39, 0.29) is 18.4 Å². The second kappa shape index (κ2) is 8.17. The van der Waals surface area contributed by atoms with Gasteiger partial charge in [0.15, 0.2) is 16.7 Å². The minimum atomic E-state index is 0.199. The number of aromatic nitrogens is 2. The maximum atomic E-state index is 13.8. The Morgan fingerprint density at radius 3 is 2.81 bits per heavy atom. The molecule has 0 N–H and O–H groups in total. The summed E-state index contributed by atoms with van der Waals surface area (Å²) in [6.07, 6.45) is 10.4. The van der Waals surface area contributed by atoms with Crippen molar-refractivity contribution in [2.24, 2.45) is 0 Å². The fourth-order valence-electron chi connectivity index (χ4n) is 5.14. The topological polar surface area (TPSA) is 53.4 Å². The summed E-state index contributed by atoms with van der Waals surface area (Å²) in [6.45, 7) is 0.286. The van der Waals surface area contributed by atoms with E-state index in [1.807, 2.05) is 12.1 Å². The minimum Gasteiger partial charge on any atom is -0.454 e. The number of thioether (sulfide) groups is 1. The molecule has 5 nitrogen and oxygen atoms in total. The summed E-state index contributed by atoms with van der Waals surface area (Å²) in [5.74, 6) is 2.36. The number of hydrogen-bond acceptors (Lipinski definition) is 6. The molecule has 0 saturated heterocycles. The molecule has 3 heterocycles. The van der Waals surface area contributed by atoms with E-state index in [2.05, 4.69) is 10.6 Å². The molecule has 0 atom stereocenters. The lowest BCUT2D eigenvalue weighted by Gasteiger charge is -2.26. The van der Waals surface area contributed by atoms with E-state index in [4.69, 9.17) is 14.5 Å². The third-order valence-corrected chi connectivity index (χ3v) is 8.94. The number of thiophene rings is 1. The molecule has 6 rings (SSSR count). The van der Waals surface area contributed by atoms with Crippen molar-refractivity contribution in [3.05, 3.63) is 44.6 Å². The molecule has 162 valence electrons. The molecule has 0 spiro atoms. The van der Waals surface area contributed by atoms with E-state index in [1.54, 1.807) is 23.1 Å². The average molecular weight is 455 g/mol. The first kappa shape index (κ1) is 19.7. The molecule has 1 aromatic carbocycles. The lowest BCUT2D eigenvalue weighted by atomic mass is 9.94. The predicted octanol–water partition coefficient (Wildman–Crippen LogP) is 5.86. The van der Waals surface area contributed by atoms with Gasteiger partial charge in [0.1, 0.15) is 4.83 Å². The molecule has 2 aromatic heterocycles. The molecule has 0 amide bonds. The Kier molecular flexibility index (Phi) is 5.19. The Balaban J connectivity index is 1.40. The smallest absolute Gasteiger partial charge is 0.263 e. The monoisotopic (exact) mass is 454 g/mol. The van der Waals surface area contributed by atoms with E-state index in [9.17, 15) is 4.79 Å². The summed E-state index contributed by atoms with van der Waals surface area (Å²) >= 11 is 3.42. The van der Waals surface area contributed by atoms with Gasteiger partial charge in [-0.25, -0.2) is 4.98 Å². The quantitative estimate of drug-likeness (QED) is 0.365. The van der Waals surface area contributed by atoms with Gasteiger partial charge in [0.05, 0.1) is 5.39 Å². The van der Waals surface area contributed by atoms with Crippen LogP contribution in [0.1, 0.15) is 67.0 Å². The highest BCUT2D eigenvalue weighted by molar-refractivity contribution is 7.98. The molecule has 3 aliphatic rings. The third-order valence-electron chi connectivity index (χ3n) is 6.73. The molecule has 2 aliphatic carbocycles. The molecule has 1 aliphatic heterocycles. The highest BCUT2D eigenvalue weighted by atomic mass is 32.2. The molecular weight excluding hydrogens is 428 g/mol. The number of nitrogens with zero attached hydrogens (tertiary/aromatic N) is 2. The van der Waals surface area contributed by atoms with Gasteiger partial charge < -0.3 is 9.47 Å². The predicted molar refractivity (Wildman–Crippen MR) is 125 cm³/mol. The van der Waals surface area contributed by atoms with Crippen molar-refractivity contribution in [2.75, 3.05) is 6.79 Å². The van der Waals surface area contributed by atoms with Crippen molar-refractivity contribution in [2.45, 2.75) is 74.7 Å². The maximum absolute atomic E-state index is 13.8. The summed E-state index contributed by atoms with van der Waals surface area (Å²) in [5, 5.41) is 1.79. The molecular formula is C24H26N2O3S2. The van der Waals surface area contributed by atoms with Gasteiger partial charge in [-0.1, -0.05) is 37.1 Å². The first-order valence-electron chi connectivity index (χ1n) is 11.4. The number of hydrogen-bond donors (Lipinski definition) is 0. The summed E-state index contributed by atoms with van der Waals surface area (Å²) in [4.78, 5) is 21.2. The van der Waals surface area contributed by atoms with E-state index in [0.717, 1.165) is 63.9 Å². The van der Waals surface area contributed by atoms with Crippen LogP contribution in [0.5, 0.6) is 11.5 Å². The lowest BCUT2D eigenvalue weighted by Crippen LogP contribution is -2.29. The Bertz CT molecular complexity index is 1190. The van der Waals surface area contributed by atoms with Crippen LogP contribution >= 0.6 is 23.1 Å². The molecule has 7 heteroatoms. The molecule has 1 saturated carbocycles. The van der Waals surface area contributed by atoms with Crippen molar-refractivity contribution in [1.29, 1.82) is 0 Å². The summed E-state index contributed by atoms with van der Waals surface area (Å²) in [7, 11) is 0. The van der Waals surface area contributed by atoms with Gasteiger partial charge in [0.2, 0.25) is 6.79 Å². The van der Waals surface area contributed by atoms with E-state index < -0.39 is 0 Å². The second-order valence-electron chi connectivity index (χ2n) is 8.73. The Morgan fingerprint density at radius 1 is 1.06 bits per heavy atom. The van der Waals surface area contributed by atoms with Crippen LogP contribution in [0, 0.1) is 0 Å². The minimum absolute atomic E-state index is 0.199. The molecule has 0 unspecified atom stereocenters. The standard InChI is InChI=1S/C24H26N2O3S2/c27-23-21-17-8-4-5-9-20(17)31-22(21)25-24(26(23)16-6-2-1-3-7-16)30-13-15-10-11-18-19(12-15)29-14-28-18/h10-12,16H,1-9,13-14H2. The van der Waals surface area contributed by atoms with E-state index >= 15 is 0 Å². The zero-order valence-corrected chi connectivity index (χ0v) is 19.2. The summed E-state index contributed by atoms with van der Waals surface area (Å²) in [6, 6.07) is 6.36. The Morgan fingerprint density at radius 2 is 1.90 bits per heavy atom. The maximum Gasteiger partial charge on any atom is 0.263 e. The van der Waals surface area contributed by atoms with Crippen LogP contribution in [0.3, 0.4) is 0 Å². The van der Waals surface area contributed by atoms with Crippen molar-refractivity contribution >= 4 is 33.3 Å². The van der Waals surface area contributed by atoms with Gasteiger partial charge >= 0.3 is 0 Å². The number of benzene rings is 1. The summed E-state index contributed by atoms with van der Waals surface area (Å²) < 4.78 is 13.0.